The van der Waals surface area contributed by atoms with Gasteiger partial charge in [-0.3, -0.25) is 0 Å². The Morgan fingerprint density at radius 1 is 1.00 bits per heavy atom. The molecule has 0 unspecified atom stereocenters. The predicted octanol–water partition coefficient (Wildman–Crippen LogP) is 3.94. The summed E-state index contributed by atoms with van der Waals surface area (Å²) in [6.45, 7) is 1.96. The molecule has 2 N–H and O–H groups in total. The van der Waals surface area contributed by atoms with Crippen LogP contribution in [-0.2, 0) is 6.42 Å². The van der Waals surface area contributed by atoms with Crippen LogP contribution >= 0.6 is 22.6 Å². The molecule has 0 radical (unpaired) electrons. The minimum absolute atomic E-state index is 0.331. The third-order valence-electron chi connectivity index (χ3n) is 2.70. The Labute approximate surface area is 136 Å². The molecule has 2 rings (SSSR count). The highest BCUT2D eigenvalue weighted by molar-refractivity contribution is 14.1. The van der Waals surface area contributed by atoms with Crippen LogP contribution in [0.4, 0.5) is 0 Å². The second-order valence-corrected chi connectivity index (χ2v) is 5.38. The topological polar surface area (TPSA) is 74.6 Å². The van der Waals surface area contributed by atoms with E-state index in [1.165, 1.54) is 0 Å². The fourth-order valence-electron chi connectivity index (χ4n) is 1.64. The van der Waals surface area contributed by atoms with E-state index in [4.69, 9.17) is 10.2 Å². The van der Waals surface area contributed by atoms with Crippen molar-refractivity contribution in [1.29, 1.82) is 0 Å². The summed E-state index contributed by atoms with van der Waals surface area (Å²) in [5.74, 6) is -1.72. The summed E-state index contributed by atoms with van der Waals surface area (Å²) in [6.07, 6.45) is 0.762. The van der Waals surface area contributed by atoms with Crippen LogP contribution in [0.25, 0.3) is 0 Å². The minimum atomic E-state index is -0.879. The van der Waals surface area contributed by atoms with Gasteiger partial charge in [-0.25, -0.2) is 9.59 Å². The largest absolute Gasteiger partial charge is 0.478 e. The molecule has 21 heavy (non-hydrogen) atoms. The first-order valence-electron chi connectivity index (χ1n) is 6.25. The number of carboxylic acid groups (broad SMARTS) is 2. The van der Waals surface area contributed by atoms with Gasteiger partial charge in [0.25, 0.3) is 0 Å². The Morgan fingerprint density at radius 3 is 2.05 bits per heavy atom. The predicted molar refractivity (Wildman–Crippen MR) is 88.9 cm³/mol. The molecule has 0 amide bonds. The van der Waals surface area contributed by atoms with E-state index >= 15 is 0 Å². The zero-order chi connectivity index (χ0) is 15.8. The van der Waals surface area contributed by atoms with E-state index < -0.39 is 11.9 Å². The normalized spacial score (nSPS) is 9.43. The summed E-state index contributed by atoms with van der Waals surface area (Å²) in [4.78, 5) is 20.9. The van der Waals surface area contributed by atoms with Crippen molar-refractivity contribution in [3.05, 3.63) is 68.8 Å². The van der Waals surface area contributed by atoms with Crippen LogP contribution < -0.4 is 0 Å². The van der Waals surface area contributed by atoms with E-state index in [0.717, 1.165) is 15.6 Å². The number of aryl methyl sites for hydroxylation is 1. The first-order chi connectivity index (χ1) is 9.95. The third-order valence-corrected chi connectivity index (χ3v) is 3.37. The number of aromatic carboxylic acids is 2. The number of carbonyl (C=O) groups is 2. The lowest BCUT2D eigenvalue weighted by atomic mass is 10.1. The monoisotopic (exact) mass is 398 g/mol. The van der Waals surface area contributed by atoms with Crippen LogP contribution in [0.3, 0.4) is 0 Å². The van der Waals surface area contributed by atoms with Gasteiger partial charge in [-0.05, 0) is 64.9 Å². The van der Waals surface area contributed by atoms with Gasteiger partial charge in [-0.2, -0.15) is 0 Å². The summed E-state index contributed by atoms with van der Waals surface area (Å²) in [6, 6.07) is 13.7. The van der Waals surface area contributed by atoms with E-state index in [-0.39, 0.29) is 0 Å². The van der Waals surface area contributed by atoms with Crippen molar-refractivity contribution in [2.75, 3.05) is 0 Å². The maximum absolute atomic E-state index is 10.7. The summed E-state index contributed by atoms with van der Waals surface area (Å²) in [5.41, 5.74) is 1.64. The number of carboxylic acids is 2. The Hall–Kier alpha value is -1.89. The molecule has 0 bridgehead atoms. The third kappa shape index (κ3) is 5.55. The van der Waals surface area contributed by atoms with Crippen molar-refractivity contribution in [3.63, 3.8) is 0 Å². The van der Waals surface area contributed by atoms with Gasteiger partial charge in [0.15, 0.2) is 0 Å². The van der Waals surface area contributed by atoms with E-state index in [1.54, 1.807) is 36.4 Å². The van der Waals surface area contributed by atoms with Gasteiger partial charge >= 0.3 is 11.9 Å². The zero-order valence-corrected chi connectivity index (χ0v) is 13.6. The highest BCUT2D eigenvalue weighted by Gasteiger charge is 2.07. The number of hydrogen-bond acceptors (Lipinski definition) is 2. The molecule has 0 fully saturated rings. The highest BCUT2D eigenvalue weighted by atomic mass is 127. The Morgan fingerprint density at radius 2 is 1.62 bits per heavy atom. The molecule has 2 aromatic rings. The number of halogens is 1. The molecule has 0 aromatic heterocycles. The minimum Gasteiger partial charge on any atom is -0.478 e. The molecule has 110 valence electrons. The van der Waals surface area contributed by atoms with E-state index in [0.29, 0.717) is 11.1 Å². The maximum atomic E-state index is 10.7. The highest BCUT2D eigenvalue weighted by Crippen LogP contribution is 2.14. The molecule has 0 saturated heterocycles. The summed E-state index contributed by atoms with van der Waals surface area (Å²) in [5, 5.41) is 17.2. The summed E-state index contributed by atoms with van der Waals surface area (Å²) in [7, 11) is 0. The van der Waals surface area contributed by atoms with Gasteiger partial charge in [-0.15, -0.1) is 0 Å². The van der Waals surface area contributed by atoms with E-state index in [2.05, 4.69) is 22.6 Å². The smallest absolute Gasteiger partial charge is 0.335 e. The molecule has 0 aliphatic heterocycles. The molecule has 0 aliphatic rings. The second-order valence-electron chi connectivity index (χ2n) is 4.13. The van der Waals surface area contributed by atoms with Crippen molar-refractivity contribution in [2.45, 2.75) is 13.3 Å². The van der Waals surface area contributed by atoms with Crippen molar-refractivity contribution in [2.24, 2.45) is 0 Å². The number of rotatable bonds is 3. The quantitative estimate of drug-likeness (QED) is 0.769. The Balaban J connectivity index is 0.000000219. The molecule has 5 heteroatoms. The van der Waals surface area contributed by atoms with E-state index in [9.17, 15) is 9.59 Å². The SMILES string of the molecule is CCc1cc(I)ccc1C(=O)O.O=C(O)c1ccccc1. The Bertz CT molecular complexity index is 623. The second kappa shape index (κ2) is 8.41. The van der Waals surface area contributed by atoms with Crippen LogP contribution in [0.15, 0.2) is 48.5 Å². The fraction of sp³-hybridized carbons (Fsp3) is 0.125. The maximum Gasteiger partial charge on any atom is 0.335 e. The van der Waals surface area contributed by atoms with Gasteiger partial charge in [0.05, 0.1) is 11.1 Å². The molecule has 4 nitrogen and oxygen atoms in total. The first-order valence-corrected chi connectivity index (χ1v) is 7.33. The van der Waals surface area contributed by atoms with Gasteiger partial charge in [0.2, 0.25) is 0 Å². The van der Waals surface area contributed by atoms with E-state index in [1.807, 2.05) is 19.1 Å². The molecule has 0 heterocycles. The molecule has 0 atom stereocenters. The molecular weight excluding hydrogens is 383 g/mol. The van der Waals surface area contributed by atoms with Crippen LogP contribution in [0.1, 0.15) is 33.2 Å². The van der Waals surface area contributed by atoms with Gasteiger partial charge in [0, 0.05) is 3.57 Å². The van der Waals surface area contributed by atoms with Gasteiger partial charge < -0.3 is 10.2 Å². The van der Waals surface area contributed by atoms with Crippen LogP contribution in [0.2, 0.25) is 0 Å². The zero-order valence-electron chi connectivity index (χ0n) is 11.4. The van der Waals surface area contributed by atoms with Crippen molar-refractivity contribution in [1.82, 2.24) is 0 Å². The van der Waals surface area contributed by atoms with Crippen LogP contribution in [0.5, 0.6) is 0 Å². The molecule has 2 aromatic carbocycles. The summed E-state index contributed by atoms with van der Waals surface area (Å²) >= 11 is 2.18. The van der Waals surface area contributed by atoms with Crippen molar-refractivity contribution >= 4 is 34.5 Å². The average Bonchev–Trinajstić information content (AvgIpc) is 2.48. The standard InChI is InChI=1S/C9H9IO2.C7H6O2/c1-2-6-5-7(10)3-4-8(6)9(11)12;8-7(9)6-4-2-1-3-5-6/h3-5H,2H2,1H3,(H,11,12);1-5H,(H,8,9). The number of hydrogen-bond donors (Lipinski definition) is 2. The lowest BCUT2D eigenvalue weighted by Crippen LogP contribution is -2.01. The molecular formula is C16H15IO4. The lowest BCUT2D eigenvalue weighted by Gasteiger charge is -2.02. The molecule has 0 aliphatic carbocycles. The Kier molecular flexibility index (Phi) is 6.87. The van der Waals surface area contributed by atoms with Gasteiger partial charge in [0.1, 0.15) is 0 Å². The van der Waals surface area contributed by atoms with Crippen LogP contribution in [0, 0.1) is 3.57 Å². The van der Waals surface area contributed by atoms with Crippen molar-refractivity contribution in [3.8, 4) is 0 Å². The molecule has 0 spiro atoms. The first kappa shape index (κ1) is 17.2. The summed E-state index contributed by atoms with van der Waals surface area (Å²) < 4.78 is 1.08. The van der Waals surface area contributed by atoms with Gasteiger partial charge in [-0.1, -0.05) is 25.1 Å². The number of benzene rings is 2. The van der Waals surface area contributed by atoms with Crippen LogP contribution in [-0.4, -0.2) is 22.2 Å². The lowest BCUT2D eigenvalue weighted by molar-refractivity contribution is 0.0685. The fourth-order valence-corrected chi connectivity index (χ4v) is 2.20. The molecule has 0 saturated carbocycles. The van der Waals surface area contributed by atoms with Crippen molar-refractivity contribution < 1.29 is 19.8 Å². The average molecular weight is 398 g/mol.